The summed E-state index contributed by atoms with van der Waals surface area (Å²) in [6.07, 6.45) is 7.97. The highest BCUT2D eigenvalue weighted by atomic mass is 35.5. The summed E-state index contributed by atoms with van der Waals surface area (Å²) < 4.78 is 0. The molecule has 0 amide bonds. The van der Waals surface area contributed by atoms with Crippen LogP contribution in [0.25, 0.3) is 11.4 Å². The number of nitrogens with zero attached hydrogens (tertiary/aromatic N) is 3. The number of halogens is 1. The summed E-state index contributed by atoms with van der Waals surface area (Å²) >= 11 is 5.97. The second-order valence-corrected chi connectivity index (χ2v) is 7.57. The van der Waals surface area contributed by atoms with Gasteiger partial charge in [-0.25, -0.2) is 4.98 Å². The number of benzene rings is 1. The normalized spacial score (nSPS) is 14.6. The maximum absolute atomic E-state index is 5.97. The highest BCUT2D eigenvalue weighted by molar-refractivity contribution is 6.30. The molecule has 4 rings (SSSR count). The first-order valence-electron chi connectivity index (χ1n) is 9.81. The molecule has 1 fully saturated rings. The number of nitrogens with one attached hydrogen (secondary N) is 2. The number of rotatable bonds is 6. The summed E-state index contributed by atoms with van der Waals surface area (Å²) in [5, 5.41) is 7.67. The van der Waals surface area contributed by atoms with Gasteiger partial charge < -0.3 is 10.6 Å². The molecule has 1 aromatic carbocycles. The van der Waals surface area contributed by atoms with Crippen molar-refractivity contribution in [3.05, 3.63) is 65.3 Å². The van der Waals surface area contributed by atoms with Gasteiger partial charge in [0.05, 0.1) is 11.4 Å². The molecule has 0 bridgehead atoms. The Labute approximate surface area is 170 Å². The van der Waals surface area contributed by atoms with Crippen LogP contribution < -0.4 is 10.6 Å². The number of hydrogen-bond donors (Lipinski definition) is 2. The minimum atomic E-state index is 0.442. The van der Waals surface area contributed by atoms with Crippen LogP contribution in [0, 0.1) is 0 Å². The largest absolute Gasteiger partial charge is 0.366 e. The average molecular weight is 394 g/mol. The van der Waals surface area contributed by atoms with Crippen LogP contribution >= 0.6 is 11.6 Å². The number of hydrogen-bond acceptors (Lipinski definition) is 5. The zero-order valence-corrected chi connectivity index (χ0v) is 16.5. The Balaban J connectivity index is 1.56. The monoisotopic (exact) mass is 393 g/mol. The van der Waals surface area contributed by atoms with Crippen LogP contribution in [-0.2, 0) is 6.54 Å². The summed E-state index contributed by atoms with van der Waals surface area (Å²) in [6.45, 7) is 0.665. The van der Waals surface area contributed by atoms with E-state index in [0.29, 0.717) is 18.5 Å². The molecule has 28 heavy (non-hydrogen) atoms. The van der Waals surface area contributed by atoms with Crippen LogP contribution in [0.5, 0.6) is 0 Å². The van der Waals surface area contributed by atoms with Gasteiger partial charge in [-0.2, -0.15) is 4.98 Å². The smallest absolute Gasteiger partial charge is 0.225 e. The van der Waals surface area contributed by atoms with Gasteiger partial charge in [-0.3, -0.25) is 4.98 Å². The van der Waals surface area contributed by atoms with E-state index in [2.05, 4.69) is 15.6 Å². The molecule has 1 aliphatic carbocycles. The van der Waals surface area contributed by atoms with E-state index in [0.717, 1.165) is 27.8 Å². The molecule has 2 heterocycles. The first-order chi connectivity index (χ1) is 13.8. The standard InChI is InChI=1S/C22H24ClN5/c23-17-11-9-16(10-12-17)15-25-21-14-20(19-8-4-5-13-24-19)27-22(28-21)26-18-6-2-1-3-7-18/h4-5,8-14,18H,1-3,6-7,15H2,(H2,25,26,27,28). The van der Waals surface area contributed by atoms with E-state index in [1.54, 1.807) is 6.20 Å². The van der Waals surface area contributed by atoms with Gasteiger partial charge in [-0.15, -0.1) is 0 Å². The molecule has 0 saturated heterocycles. The van der Waals surface area contributed by atoms with E-state index in [1.165, 1.54) is 32.1 Å². The summed E-state index contributed by atoms with van der Waals surface area (Å²) in [5.74, 6) is 1.44. The quantitative estimate of drug-likeness (QED) is 0.575. The second-order valence-electron chi connectivity index (χ2n) is 7.14. The molecular formula is C22H24ClN5. The molecule has 0 atom stereocenters. The van der Waals surface area contributed by atoms with Crippen molar-refractivity contribution in [1.82, 2.24) is 15.0 Å². The van der Waals surface area contributed by atoms with E-state index in [-0.39, 0.29) is 0 Å². The lowest BCUT2D eigenvalue weighted by Gasteiger charge is -2.23. The Morgan fingerprint density at radius 2 is 1.75 bits per heavy atom. The maximum Gasteiger partial charge on any atom is 0.225 e. The summed E-state index contributed by atoms with van der Waals surface area (Å²) in [6, 6.07) is 16.1. The van der Waals surface area contributed by atoms with Crippen LogP contribution in [0.3, 0.4) is 0 Å². The zero-order chi connectivity index (χ0) is 19.2. The Kier molecular flexibility index (Phi) is 6.02. The third-order valence-electron chi connectivity index (χ3n) is 4.98. The topological polar surface area (TPSA) is 62.7 Å². The zero-order valence-electron chi connectivity index (χ0n) is 15.7. The van der Waals surface area contributed by atoms with Crippen LogP contribution in [0.1, 0.15) is 37.7 Å². The summed E-state index contributed by atoms with van der Waals surface area (Å²) in [5.41, 5.74) is 2.79. The Bertz CT molecular complexity index is 893. The number of pyridine rings is 1. The highest BCUT2D eigenvalue weighted by Crippen LogP contribution is 2.24. The Morgan fingerprint density at radius 1 is 0.929 bits per heavy atom. The van der Waals surface area contributed by atoms with Crippen molar-refractivity contribution in [2.45, 2.75) is 44.7 Å². The molecule has 0 aliphatic heterocycles. The lowest BCUT2D eigenvalue weighted by atomic mass is 9.96. The SMILES string of the molecule is Clc1ccc(CNc2cc(-c3ccccn3)nc(NC3CCCCC3)n2)cc1. The van der Waals surface area contributed by atoms with Crippen molar-refractivity contribution in [3.63, 3.8) is 0 Å². The molecule has 6 heteroatoms. The van der Waals surface area contributed by atoms with Crippen LogP contribution in [-0.4, -0.2) is 21.0 Å². The Morgan fingerprint density at radius 3 is 2.50 bits per heavy atom. The first-order valence-corrected chi connectivity index (χ1v) is 10.2. The minimum absolute atomic E-state index is 0.442. The molecule has 3 aromatic rings. The van der Waals surface area contributed by atoms with Gasteiger partial charge in [0.25, 0.3) is 0 Å². The van der Waals surface area contributed by atoms with Gasteiger partial charge in [0.1, 0.15) is 5.82 Å². The van der Waals surface area contributed by atoms with Gasteiger partial charge in [-0.05, 0) is 42.7 Å². The average Bonchev–Trinajstić information content (AvgIpc) is 2.75. The number of aromatic nitrogens is 3. The molecule has 2 N–H and O–H groups in total. The van der Waals surface area contributed by atoms with Gasteiger partial charge in [0.2, 0.25) is 5.95 Å². The van der Waals surface area contributed by atoms with Gasteiger partial charge in [-0.1, -0.05) is 49.1 Å². The second kappa shape index (κ2) is 9.02. The Hall–Kier alpha value is -2.66. The van der Waals surface area contributed by atoms with Gasteiger partial charge in [0.15, 0.2) is 0 Å². The fraction of sp³-hybridized carbons (Fsp3) is 0.318. The van der Waals surface area contributed by atoms with Crippen molar-refractivity contribution >= 4 is 23.4 Å². The summed E-state index contributed by atoms with van der Waals surface area (Å²) in [4.78, 5) is 13.9. The third-order valence-corrected chi connectivity index (χ3v) is 5.23. The molecule has 0 spiro atoms. The van der Waals surface area contributed by atoms with E-state index in [1.807, 2.05) is 48.5 Å². The molecule has 1 saturated carbocycles. The van der Waals surface area contributed by atoms with Crippen molar-refractivity contribution in [3.8, 4) is 11.4 Å². The predicted octanol–water partition coefficient (Wildman–Crippen LogP) is 5.55. The molecular weight excluding hydrogens is 370 g/mol. The lowest BCUT2D eigenvalue weighted by molar-refractivity contribution is 0.461. The lowest BCUT2D eigenvalue weighted by Crippen LogP contribution is -2.23. The fourth-order valence-electron chi connectivity index (χ4n) is 3.47. The van der Waals surface area contributed by atoms with E-state index in [9.17, 15) is 0 Å². The van der Waals surface area contributed by atoms with Crippen molar-refractivity contribution < 1.29 is 0 Å². The first kappa shape index (κ1) is 18.7. The van der Waals surface area contributed by atoms with Crippen LogP contribution in [0.15, 0.2) is 54.7 Å². The van der Waals surface area contributed by atoms with E-state index >= 15 is 0 Å². The van der Waals surface area contributed by atoms with Crippen LogP contribution in [0.4, 0.5) is 11.8 Å². The van der Waals surface area contributed by atoms with E-state index in [4.69, 9.17) is 21.6 Å². The van der Waals surface area contributed by atoms with Crippen LogP contribution in [0.2, 0.25) is 5.02 Å². The number of anilines is 2. The molecule has 0 unspecified atom stereocenters. The van der Waals surface area contributed by atoms with E-state index < -0.39 is 0 Å². The van der Waals surface area contributed by atoms with Crippen molar-refractivity contribution in [1.29, 1.82) is 0 Å². The molecule has 5 nitrogen and oxygen atoms in total. The third kappa shape index (κ3) is 4.98. The minimum Gasteiger partial charge on any atom is -0.366 e. The molecule has 0 radical (unpaired) electrons. The van der Waals surface area contributed by atoms with Crippen molar-refractivity contribution in [2.75, 3.05) is 10.6 Å². The highest BCUT2D eigenvalue weighted by Gasteiger charge is 2.15. The molecule has 144 valence electrons. The molecule has 1 aliphatic rings. The predicted molar refractivity (Wildman–Crippen MR) is 115 cm³/mol. The van der Waals surface area contributed by atoms with Gasteiger partial charge >= 0.3 is 0 Å². The maximum atomic E-state index is 5.97. The summed E-state index contributed by atoms with van der Waals surface area (Å²) in [7, 11) is 0. The molecule has 2 aromatic heterocycles. The van der Waals surface area contributed by atoms with Crippen molar-refractivity contribution in [2.24, 2.45) is 0 Å². The van der Waals surface area contributed by atoms with Gasteiger partial charge in [0, 0.05) is 29.9 Å². The fourth-order valence-corrected chi connectivity index (χ4v) is 3.60.